The fourth-order valence-corrected chi connectivity index (χ4v) is 4.05. The van der Waals surface area contributed by atoms with Gasteiger partial charge >= 0.3 is 5.63 Å². The number of benzene rings is 2. The summed E-state index contributed by atoms with van der Waals surface area (Å²) in [7, 11) is 0. The Kier molecular flexibility index (Phi) is 5.57. The smallest absolute Gasteiger partial charge is 0.339 e. The first-order chi connectivity index (χ1) is 13.6. The molecule has 28 heavy (non-hydrogen) atoms. The first kappa shape index (κ1) is 18.9. The predicted molar refractivity (Wildman–Crippen MR) is 108 cm³/mol. The van der Waals surface area contributed by atoms with Gasteiger partial charge in [-0.1, -0.05) is 42.5 Å². The molecule has 1 aliphatic carbocycles. The van der Waals surface area contributed by atoms with Crippen molar-refractivity contribution in [3.05, 3.63) is 81.2 Å². The van der Waals surface area contributed by atoms with Gasteiger partial charge in [-0.15, -0.1) is 0 Å². The molecule has 2 aromatic carbocycles. The van der Waals surface area contributed by atoms with E-state index in [-0.39, 0.29) is 12.2 Å². The van der Waals surface area contributed by atoms with Crippen molar-refractivity contribution in [3.63, 3.8) is 0 Å². The Balaban J connectivity index is 1.58. The van der Waals surface area contributed by atoms with E-state index in [9.17, 15) is 15.0 Å². The number of hydrogen-bond acceptors (Lipinski definition) is 5. The monoisotopic (exact) mass is 379 g/mol. The summed E-state index contributed by atoms with van der Waals surface area (Å²) in [4.78, 5) is 12.3. The van der Waals surface area contributed by atoms with E-state index < -0.39 is 12.2 Å². The molecular weight excluding hydrogens is 354 g/mol. The van der Waals surface area contributed by atoms with Crippen molar-refractivity contribution in [2.24, 2.45) is 0 Å². The third-order valence-electron chi connectivity index (χ3n) is 5.49. The molecule has 1 aliphatic rings. The lowest BCUT2D eigenvalue weighted by atomic mass is 9.87. The Hall–Kier alpha value is -2.47. The molecule has 5 nitrogen and oxygen atoms in total. The molecular formula is C23H25NO4. The second-order valence-corrected chi connectivity index (χ2v) is 7.40. The molecule has 0 saturated carbocycles. The SMILES string of the molecule is O=c1oc2cccc(C(O)C(O)CNCc3ccccc3)c2c2c1CCCC2. The predicted octanol–water partition coefficient (Wildman–Crippen LogP) is 2.86. The van der Waals surface area contributed by atoms with Crippen LogP contribution in [0.5, 0.6) is 0 Å². The van der Waals surface area contributed by atoms with Crippen molar-refractivity contribution in [1.29, 1.82) is 0 Å². The van der Waals surface area contributed by atoms with Gasteiger partial charge in [0, 0.05) is 24.0 Å². The molecule has 3 N–H and O–H groups in total. The van der Waals surface area contributed by atoms with Gasteiger partial charge in [0.25, 0.3) is 0 Å². The topological polar surface area (TPSA) is 82.7 Å². The maximum atomic E-state index is 12.3. The lowest BCUT2D eigenvalue weighted by molar-refractivity contribution is 0.0197. The molecule has 1 heterocycles. The highest BCUT2D eigenvalue weighted by molar-refractivity contribution is 5.85. The summed E-state index contributed by atoms with van der Waals surface area (Å²) < 4.78 is 5.51. The van der Waals surface area contributed by atoms with Gasteiger partial charge in [0.1, 0.15) is 11.7 Å². The number of fused-ring (bicyclic) bond motifs is 3. The van der Waals surface area contributed by atoms with E-state index in [1.165, 1.54) is 0 Å². The van der Waals surface area contributed by atoms with Crippen LogP contribution in [0.15, 0.2) is 57.7 Å². The van der Waals surface area contributed by atoms with E-state index in [0.29, 0.717) is 24.1 Å². The lowest BCUT2D eigenvalue weighted by Crippen LogP contribution is -2.31. The van der Waals surface area contributed by atoms with Crippen LogP contribution in [0, 0.1) is 0 Å². The molecule has 2 unspecified atom stereocenters. The van der Waals surface area contributed by atoms with Crippen LogP contribution in [0.1, 0.15) is 41.2 Å². The first-order valence-corrected chi connectivity index (χ1v) is 9.83. The zero-order valence-electron chi connectivity index (χ0n) is 15.7. The van der Waals surface area contributed by atoms with Crippen molar-refractivity contribution in [1.82, 2.24) is 5.32 Å². The molecule has 0 bridgehead atoms. The second kappa shape index (κ2) is 8.27. The summed E-state index contributed by atoms with van der Waals surface area (Å²) in [5.41, 5.74) is 3.62. The van der Waals surface area contributed by atoms with Gasteiger partial charge in [0.15, 0.2) is 0 Å². The Labute approximate surface area is 163 Å². The number of hydrogen-bond donors (Lipinski definition) is 3. The van der Waals surface area contributed by atoms with Crippen LogP contribution in [0.2, 0.25) is 0 Å². The molecule has 5 heteroatoms. The Morgan fingerprint density at radius 2 is 1.71 bits per heavy atom. The molecule has 0 saturated heterocycles. The minimum absolute atomic E-state index is 0.255. The third kappa shape index (κ3) is 3.74. The Bertz CT molecular complexity index is 1010. The Morgan fingerprint density at radius 1 is 0.964 bits per heavy atom. The van der Waals surface area contributed by atoms with Crippen LogP contribution in [-0.2, 0) is 19.4 Å². The second-order valence-electron chi connectivity index (χ2n) is 7.40. The largest absolute Gasteiger partial charge is 0.422 e. The maximum absolute atomic E-state index is 12.3. The molecule has 0 aliphatic heterocycles. The molecule has 4 rings (SSSR count). The summed E-state index contributed by atoms with van der Waals surface area (Å²) in [5, 5.41) is 25.4. The molecule has 3 aromatic rings. The van der Waals surface area contributed by atoms with Gasteiger partial charge in [-0.25, -0.2) is 4.79 Å². The highest BCUT2D eigenvalue weighted by Gasteiger charge is 2.25. The van der Waals surface area contributed by atoms with Crippen molar-refractivity contribution >= 4 is 11.0 Å². The summed E-state index contributed by atoms with van der Waals surface area (Å²) in [6, 6.07) is 15.2. The van der Waals surface area contributed by atoms with Gasteiger partial charge in [-0.3, -0.25) is 0 Å². The van der Waals surface area contributed by atoms with E-state index in [1.54, 1.807) is 12.1 Å². The van der Waals surface area contributed by atoms with Gasteiger partial charge < -0.3 is 19.9 Å². The molecule has 1 aromatic heterocycles. The molecule has 0 radical (unpaired) electrons. The molecule has 146 valence electrons. The van der Waals surface area contributed by atoms with Crippen LogP contribution in [0.3, 0.4) is 0 Å². The highest BCUT2D eigenvalue weighted by atomic mass is 16.4. The van der Waals surface area contributed by atoms with Gasteiger partial charge in [0.05, 0.1) is 6.10 Å². The minimum atomic E-state index is -1.06. The third-order valence-corrected chi connectivity index (χ3v) is 5.49. The van der Waals surface area contributed by atoms with E-state index in [1.807, 2.05) is 36.4 Å². The van der Waals surface area contributed by atoms with E-state index in [0.717, 1.165) is 41.3 Å². The number of nitrogens with one attached hydrogen (secondary N) is 1. The molecule has 0 amide bonds. The van der Waals surface area contributed by atoms with Crippen molar-refractivity contribution in [2.75, 3.05) is 6.54 Å². The first-order valence-electron chi connectivity index (χ1n) is 9.83. The lowest BCUT2D eigenvalue weighted by Gasteiger charge is -2.23. The van der Waals surface area contributed by atoms with Gasteiger partial charge in [-0.2, -0.15) is 0 Å². The van der Waals surface area contributed by atoms with Crippen molar-refractivity contribution < 1.29 is 14.6 Å². The molecule has 0 fully saturated rings. The van der Waals surface area contributed by atoms with Crippen molar-refractivity contribution in [3.8, 4) is 0 Å². The fourth-order valence-electron chi connectivity index (χ4n) is 4.05. The van der Waals surface area contributed by atoms with Crippen LogP contribution in [-0.4, -0.2) is 22.9 Å². The van der Waals surface area contributed by atoms with Gasteiger partial charge in [0.2, 0.25) is 0 Å². The number of aryl methyl sites for hydroxylation is 1. The zero-order valence-corrected chi connectivity index (χ0v) is 15.7. The van der Waals surface area contributed by atoms with Crippen LogP contribution in [0.4, 0.5) is 0 Å². The summed E-state index contributed by atoms with van der Waals surface area (Å²) in [5.74, 6) is 0. The zero-order chi connectivity index (χ0) is 19.5. The highest BCUT2D eigenvalue weighted by Crippen LogP contribution is 2.33. The fraction of sp³-hybridized carbons (Fsp3) is 0.348. The van der Waals surface area contributed by atoms with E-state index >= 15 is 0 Å². The van der Waals surface area contributed by atoms with Gasteiger partial charge in [-0.05, 0) is 48.4 Å². The van der Waals surface area contributed by atoms with Crippen LogP contribution in [0.25, 0.3) is 11.0 Å². The average Bonchev–Trinajstić information content (AvgIpc) is 2.73. The van der Waals surface area contributed by atoms with Crippen molar-refractivity contribution in [2.45, 2.75) is 44.4 Å². The summed E-state index contributed by atoms with van der Waals surface area (Å²) in [6.07, 6.45) is 1.45. The minimum Gasteiger partial charge on any atom is -0.422 e. The molecule has 0 spiro atoms. The quantitative estimate of drug-likeness (QED) is 0.574. The average molecular weight is 379 g/mol. The summed E-state index contributed by atoms with van der Waals surface area (Å²) in [6.45, 7) is 0.871. The number of aliphatic hydroxyl groups excluding tert-OH is 2. The Morgan fingerprint density at radius 3 is 2.50 bits per heavy atom. The number of aliphatic hydroxyl groups is 2. The normalized spacial score (nSPS) is 15.9. The van der Waals surface area contributed by atoms with E-state index in [2.05, 4.69) is 5.32 Å². The van der Waals surface area contributed by atoms with E-state index in [4.69, 9.17) is 4.42 Å². The van der Waals surface area contributed by atoms with Crippen LogP contribution < -0.4 is 10.9 Å². The van der Waals surface area contributed by atoms with Crippen LogP contribution >= 0.6 is 0 Å². The summed E-state index contributed by atoms with van der Waals surface area (Å²) >= 11 is 0. The standard InChI is InChI=1S/C23H25NO4/c25-19(14-24-13-15-7-2-1-3-8-15)22(26)18-11-6-12-20-21(18)16-9-4-5-10-17(16)23(27)28-20/h1-3,6-8,11-12,19,22,24-26H,4-5,9-10,13-14H2. The number of rotatable bonds is 6. The molecule has 2 atom stereocenters. The maximum Gasteiger partial charge on any atom is 0.339 e.